The Morgan fingerprint density at radius 1 is 1.50 bits per heavy atom. The molecule has 1 atom stereocenters. The first kappa shape index (κ1) is 13.6. The van der Waals surface area contributed by atoms with Crippen molar-refractivity contribution in [1.82, 2.24) is 5.32 Å². The molecule has 3 nitrogen and oxygen atoms in total. The van der Waals surface area contributed by atoms with Gasteiger partial charge in [-0.2, -0.15) is 0 Å². The fourth-order valence-corrected chi connectivity index (χ4v) is 3.33. The molecule has 1 aromatic rings. The molecule has 4 heteroatoms. The molecule has 108 valence electrons. The zero-order valence-electron chi connectivity index (χ0n) is 12.1. The standard InChI is InChI=1S/C16H21FN2O/c1-16(2)10-19(14-8-12(17)3-4-13(14)16)15(20)7-11-5-6-18-9-11/h3-4,8,11,18H,5-7,9-10H2,1-2H3/t11-/m0/s1. The van der Waals surface area contributed by atoms with Crippen molar-refractivity contribution in [3.63, 3.8) is 0 Å². The van der Waals surface area contributed by atoms with Crippen molar-refractivity contribution in [3.05, 3.63) is 29.6 Å². The fourth-order valence-electron chi connectivity index (χ4n) is 3.33. The number of hydrogen-bond donors (Lipinski definition) is 1. The summed E-state index contributed by atoms with van der Waals surface area (Å²) in [6.45, 7) is 6.76. The molecule has 1 aromatic carbocycles. The van der Waals surface area contributed by atoms with Crippen LogP contribution in [0, 0.1) is 11.7 Å². The summed E-state index contributed by atoms with van der Waals surface area (Å²) in [7, 11) is 0. The van der Waals surface area contributed by atoms with Crippen LogP contribution in [0.3, 0.4) is 0 Å². The van der Waals surface area contributed by atoms with Gasteiger partial charge < -0.3 is 10.2 Å². The first-order valence-electron chi connectivity index (χ1n) is 7.28. The van der Waals surface area contributed by atoms with Gasteiger partial charge in [-0.25, -0.2) is 4.39 Å². The lowest BCUT2D eigenvalue weighted by Gasteiger charge is -2.22. The molecule has 1 amide bonds. The highest BCUT2D eigenvalue weighted by atomic mass is 19.1. The zero-order chi connectivity index (χ0) is 14.3. The van der Waals surface area contributed by atoms with E-state index in [0.29, 0.717) is 18.9 Å². The van der Waals surface area contributed by atoms with Crippen LogP contribution in [-0.2, 0) is 10.2 Å². The van der Waals surface area contributed by atoms with E-state index in [9.17, 15) is 9.18 Å². The second-order valence-corrected chi connectivity index (χ2v) is 6.59. The predicted octanol–water partition coefficient (Wildman–Crippen LogP) is 2.45. The average Bonchev–Trinajstić information content (AvgIpc) is 2.96. The summed E-state index contributed by atoms with van der Waals surface area (Å²) in [5.41, 5.74) is 1.72. The molecule has 1 fully saturated rings. The highest BCUT2D eigenvalue weighted by Crippen LogP contribution is 2.41. The molecule has 0 aromatic heterocycles. The van der Waals surface area contributed by atoms with Crippen molar-refractivity contribution in [2.24, 2.45) is 5.92 Å². The van der Waals surface area contributed by atoms with Gasteiger partial charge in [-0.15, -0.1) is 0 Å². The summed E-state index contributed by atoms with van der Waals surface area (Å²) in [4.78, 5) is 14.3. The number of hydrogen-bond acceptors (Lipinski definition) is 2. The number of anilines is 1. The van der Waals surface area contributed by atoms with E-state index in [1.165, 1.54) is 12.1 Å². The third kappa shape index (κ3) is 2.33. The van der Waals surface area contributed by atoms with Gasteiger partial charge in [0.1, 0.15) is 5.82 Å². The van der Waals surface area contributed by atoms with Crippen LogP contribution in [0.5, 0.6) is 0 Å². The number of amides is 1. The van der Waals surface area contributed by atoms with Crippen LogP contribution in [0.25, 0.3) is 0 Å². The summed E-state index contributed by atoms with van der Waals surface area (Å²) in [5.74, 6) is 0.265. The Kier molecular flexibility index (Phi) is 3.28. The number of carbonyl (C=O) groups is 1. The number of nitrogens with one attached hydrogen (secondary N) is 1. The first-order chi connectivity index (χ1) is 9.47. The Labute approximate surface area is 119 Å². The van der Waals surface area contributed by atoms with Gasteiger partial charge in [0.15, 0.2) is 0 Å². The second-order valence-electron chi connectivity index (χ2n) is 6.59. The first-order valence-corrected chi connectivity index (χ1v) is 7.28. The normalized spacial score (nSPS) is 23.9. The molecule has 2 heterocycles. The lowest BCUT2D eigenvalue weighted by atomic mass is 9.87. The minimum absolute atomic E-state index is 0.105. The van der Waals surface area contributed by atoms with E-state index in [-0.39, 0.29) is 17.1 Å². The van der Waals surface area contributed by atoms with E-state index in [4.69, 9.17) is 0 Å². The molecule has 1 N–H and O–H groups in total. The highest BCUT2D eigenvalue weighted by molar-refractivity contribution is 5.96. The zero-order valence-corrected chi connectivity index (χ0v) is 12.1. The molecule has 0 aliphatic carbocycles. The van der Waals surface area contributed by atoms with Crippen LogP contribution in [-0.4, -0.2) is 25.5 Å². The molecular formula is C16H21FN2O. The molecule has 0 saturated carbocycles. The number of benzene rings is 1. The maximum absolute atomic E-state index is 13.5. The number of rotatable bonds is 2. The maximum Gasteiger partial charge on any atom is 0.227 e. The SMILES string of the molecule is CC1(C)CN(C(=O)C[C@@H]2CCNC2)c2cc(F)ccc21. The molecule has 0 radical (unpaired) electrons. The molecule has 3 rings (SSSR count). The lowest BCUT2D eigenvalue weighted by molar-refractivity contribution is -0.119. The maximum atomic E-state index is 13.5. The molecular weight excluding hydrogens is 255 g/mol. The molecule has 0 unspecified atom stereocenters. The number of halogens is 1. The van der Waals surface area contributed by atoms with Gasteiger partial charge in [-0.05, 0) is 43.1 Å². The van der Waals surface area contributed by atoms with Crippen LogP contribution in [0.15, 0.2) is 18.2 Å². The number of fused-ring (bicyclic) bond motifs is 1. The number of carbonyl (C=O) groups excluding carboxylic acids is 1. The van der Waals surface area contributed by atoms with Gasteiger partial charge in [-0.1, -0.05) is 19.9 Å². The van der Waals surface area contributed by atoms with Gasteiger partial charge >= 0.3 is 0 Å². The minimum Gasteiger partial charge on any atom is -0.316 e. The Hall–Kier alpha value is -1.42. The van der Waals surface area contributed by atoms with Crippen molar-refractivity contribution < 1.29 is 9.18 Å². The quantitative estimate of drug-likeness (QED) is 0.900. The third-order valence-corrected chi connectivity index (χ3v) is 4.46. The largest absolute Gasteiger partial charge is 0.316 e. The van der Waals surface area contributed by atoms with E-state index >= 15 is 0 Å². The van der Waals surface area contributed by atoms with Crippen LogP contribution >= 0.6 is 0 Å². The third-order valence-electron chi connectivity index (χ3n) is 4.46. The smallest absolute Gasteiger partial charge is 0.227 e. The average molecular weight is 276 g/mol. The van der Waals surface area contributed by atoms with Gasteiger partial charge in [0.25, 0.3) is 0 Å². The summed E-state index contributed by atoms with van der Waals surface area (Å²) >= 11 is 0. The Morgan fingerprint density at radius 3 is 3.00 bits per heavy atom. The van der Waals surface area contributed by atoms with Crippen molar-refractivity contribution >= 4 is 11.6 Å². The fraction of sp³-hybridized carbons (Fsp3) is 0.562. The van der Waals surface area contributed by atoms with E-state index < -0.39 is 0 Å². The summed E-state index contributed by atoms with van der Waals surface area (Å²) in [5, 5.41) is 3.28. The molecule has 0 bridgehead atoms. The van der Waals surface area contributed by atoms with Gasteiger partial charge in [0, 0.05) is 18.4 Å². The van der Waals surface area contributed by atoms with Crippen LogP contribution in [0.4, 0.5) is 10.1 Å². The summed E-state index contributed by atoms with van der Waals surface area (Å²) in [6.07, 6.45) is 1.61. The molecule has 2 aliphatic rings. The molecule has 20 heavy (non-hydrogen) atoms. The van der Waals surface area contributed by atoms with E-state index in [1.807, 2.05) is 6.07 Å². The van der Waals surface area contributed by atoms with Crippen molar-refractivity contribution in [2.75, 3.05) is 24.5 Å². The Morgan fingerprint density at radius 2 is 2.30 bits per heavy atom. The molecule has 2 aliphatic heterocycles. The van der Waals surface area contributed by atoms with Crippen LogP contribution in [0.2, 0.25) is 0 Å². The summed E-state index contributed by atoms with van der Waals surface area (Å²) < 4.78 is 13.5. The predicted molar refractivity (Wildman–Crippen MR) is 77.4 cm³/mol. The summed E-state index contributed by atoms with van der Waals surface area (Å²) in [6, 6.07) is 4.79. The lowest BCUT2D eigenvalue weighted by Crippen LogP contribution is -2.35. The minimum atomic E-state index is -0.276. The van der Waals surface area contributed by atoms with Gasteiger partial charge in [-0.3, -0.25) is 4.79 Å². The van der Waals surface area contributed by atoms with Crippen molar-refractivity contribution in [3.8, 4) is 0 Å². The Balaban J connectivity index is 1.84. The number of nitrogens with zero attached hydrogens (tertiary/aromatic N) is 1. The van der Waals surface area contributed by atoms with E-state index in [0.717, 1.165) is 30.8 Å². The van der Waals surface area contributed by atoms with Gasteiger partial charge in [0.05, 0.1) is 5.69 Å². The van der Waals surface area contributed by atoms with Crippen molar-refractivity contribution in [2.45, 2.75) is 32.1 Å². The van der Waals surface area contributed by atoms with Crippen LogP contribution in [0.1, 0.15) is 32.3 Å². The topological polar surface area (TPSA) is 32.3 Å². The second kappa shape index (κ2) is 4.85. The van der Waals surface area contributed by atoms with E-state index in [2.05, 4.69) is 19.2 Å². The van der Waals surface area contributed by atoms with Gasteiger partial charge in [0.2, 0.25) is 5.91 Å². The van der Waals surface area contributed by atoms with Crippen molar-refractivity contribution in [1.29, 1.82) is 0 Å². The monoisotopic (exact) mass is 276 g/mol. The molecule has 0 spiro atoms. The Bertz CT molecular complexity index is 535. The van der Waals surface area contributed by atoms with Crippen LogP contribution < -0.4 is 10.2 Å². The molecule has 1 saturated heterocycles. The van der Waals surface area contributed by atoms with E-state index in [1.54, 1.807) is 4.90 Å². The highest BCUT2D eigenvalue weighted by Gasteiger charge is 2.38.